The first-order chi connectivity index (χ1) is 8.47. The molecule has 0 unspecified atom stereocenters. The van der Waals surface area contributed by atoms with Crippen LogP contribution < -0.4 is 5.32 Å². The summed E-state index contributed by atoms with van der Waals surface area (Å²) in [6.45, 7) is 0.274. The zero-order chi connectivity index (χ0) is 13.2. The number of halogens is 4. The summed E-state index contributed by atoms with van der Waals surface area (Å²) in [7, 11) is 0. The number of furan rings is 1. The van der Waals surface area contributed by atoms with Gasteiger partial charge in [-0.15, -0.1) is 0 Å². The van der Waals surface area contributed by atoms with Crippen molar-refractivity contribution in [1.29, 1.82) is 0 Å². The Labute approximate surface area is 110 Å². The number of alkyl halides is 3. The third kappa shape index (κ3) is 3.07. The van der Waals surface area contributed by atoms with E-state index in [1.54, 1.807) is 6.07 Å². The van der Waals surface area contributed by atoms with E-state index in [4.69, 9.17) is 4.42 Å². The summed E-state index contributed by atoms with van der Waals surface area (Å²) in [6.07, 6.45) is -1.42. The number of rotatable bonds is 3. The molecule has 0 aliphatic heterocycles. The van der Waals surface area contributed by atoms with Crippen molar-refractivity contribution in [2.24, 2.45) is 0 Å². The van der Waals surface area contributed by atoms with E-state index in [1.807, 2.05) is 0 Å². The van der Waals surface area contributed by atoms with Gasteiger partial charge < -0.3 is 9.73 Å². The second kappa shape index (κ2) is 5.06. The van der Waals surface area contributed by atoms with E-state index in [0.29, 0.717) is 4.47 Å². The summed E-state index contributed by atoms with van der Waals surface area (Å²) in [6, 6.07) is 5.51. The van der Waals surface area contributed by atoms with Crippen molar-refractivity contribution >= 4 is 21.6 Å². The van der Waals surface area contributed by atoms with Gasteiger partial charge in [0.15, 0.2) is 0 Å². The Hall–Kier alpha value is -1.43. The number of hydrogen-bond acceptors (Lipinski definition) is 2. The van der Waals surface area contributed by atoms with Crippen LogP contribution in [0.15, 0.2) is 45.7 Å². The van der Waals surface area contributed by atoms with E-state index in [2.05, 4.69) is 21.2 Å². The molecule has 0 fully saturated rings. The van der Waals surface area contributed by atoms with Crippen LogP contribution in [0, 0.1) is 0 Å². The molecule has 0 saturated heterocycles. The standard InChI is InChI=1S/C12H9BrF3NO/c13-9-1-2-10(12(14,15)16)11(5-9)17-6-8-3-4-18-7-8/h1-5,7,17H,6H2. The van der Waals surface area contributed by atoms with E-state index in [9.17, 15) is 13.2 Å². The monoisotopic (exact) mass is 319 g/mol. The van der Waals surface area contributed by atoms with Crippen LogP contribution in [0.5, 0.6) is 0 Å². The minimum atomic E-state index is -4.38. The Morgan fingerprint density at radius 1 is 1.22 bits per heavy atom. The zero-order valence-corrected chi connectivity index (χ0v) is 10.7. The van der Waals surface area contributed by atoms with Gasteiger partial charge in [-0.3, -0.25) is 0 Å². The molecule has 1 aromatic heterocycles. The molecule has 1 aromatic carbocycles. The Kier molecular flexibility index (Phi) is 3.65. The fraction of sp³-hybridized carbons (Fsp3) is 0.167. The van der Waals surface area contributed by atoms with Crippen LogP contribution in [0.2, 0.25) is 0 Å². The second-order valence-corrected chi connectivity index (χ2v) is 4.59. The van der Waals surface area contributed by atoms with Crippen molar-refractivity contribution in [2.45, 2.75) is 12.7 Å². The van der Waals surface area contributed by atoms with Crippen molar-refractivity contribution < 1.29 is 17.6 Å². The highest BCUT2D eigenvalue weighted by atomic mass is 79.9. The minimum Gasteiger partial charge on any atom is -0.472 e. The largest absolute Gasteiger partial charge is 0.472 e. The molecule has 0 atom stereocenters. The highest BCUT2D eigenvalue weighted by Crippen LogP contribution is 2.36. The van der Waals surface area contributed by atoms with E-state index >= 15 is 0 Å². The van der Waals surface area contributed by atoms with Crippen LogP contribution in [0.1, 0.15) is 11.1 Å². The molecule has 0 aliphatic carbocycles. The van der Waals surface area contributed by atoms with Gasteiger partial charge in [-0.05, 0) is 24.3 Å². The van der Waals surface area contributed by atoms with Crippen LogP contribution in [-0.2, 0) is 12.7 Å². The summed E-state index contributed by atoms with van der Waals surface area (Å²) in [4.78, 5) is 0. The van der Waals surface area contributed by atoms with Crippen molar-refractivity contribution in [3.63, 3.8) is 0 Å². The van der Waals surface area contributed by atoms with E-state index < -0.39 is 11.7 Å². The average molecular weight is 320 g/mol. The summed E-state index contributed by atoms with van der Waals surface area (Å²) < 4.78 is 43.8. The number of hydrogen-bond donors (Lipinski definition) is 1. The molecular weight excluding hydrogens is 311 g/mol. The normalized spacial score (nSPS) is 11.6. The number of benzene rings is 1. The third-order valence-corrected chi connectivity index (χ3v) is 2.84. The molecule has 0 bridgehead atoms. The molecule has 0 aliphatic rings. The maximum absolute atomic E-state index is 12.8. The lowest BCUT2D eigenvalue weighted by Gasteiger charge is -2.14. The zero-order valence-electron chi connectivity index (χ0n) is 9.09. The van der Waals surface area contributed by atoms with E-state index in [-0.39, 0.29) is 12.2 Å². The molecule has 2 aromatic rings. The second-order valence-electron chi connectivity index (χ2n) is 3.67. The summed E-state index contributed by atoms with van der Waals surface area (Å²) in [5, 5.41) is 2.75. The first-order valence-corrected chi connectivity index (χ1v) is 5.88. The number of nitrogens with one attached hydrogen (secondary N) is 1. The van der Waals surface area contributed by atoms with Gasteiger partial charge in [0.05, 0.1) is 18.1 Å². The molecule has 96 valence electrons. The lowest BCUT2D eigenvalue weighted by atomic mass is 10.1. The van der Waals surface area contributed by atoms with Gasteiger partial charge in [0.25, 0.3) is 0 Å². The summed E-state index contributed by atoms with van der Waals surface area (Å²) in [5.41, 5.74) is 0.135. The van der Waals surface area contributed by atoms with Crippen LogP contribution in [0.4, 0.5) is 18.9 Å². The van der Waals surface area contributed by atoms with Gasteiger partial charge in [0.1, 0.15) is 0 Å². The van der Waals surface area contributed by atoms with Gasteiger partial charge in [-0.25, -0.2) is 0 Å². The van der Waals surface area contributed by atoms with Crippen molar-refractivity contribution in [1.82, 2.24) is 0 Å². The molecule has 0 radical (unpaired) electrons. The Bertz CT molecular complexity index is 523. The molecule has 0 saturated carbocycles. The molecule has 2 nitrogen and oxygen atoms in total. The Morgan fingerprint density at radius 3 is 2.61 bits per heavy atom. The summed E-state index contributed by atoms with van der Waals surface area (Å²) >= 11 is 3.16. The van der Waals surface area contributed by atoms with Crippen molar-refractivity contribution in [2.75, 3.05) is 5.32 Å². The molecule has 1 heterocycles. The maximum atomic E-state index is 12.8. The van der Waals surface area contributed by atoms with Gasteiger partial charge in [-0.1, -0.05) is 15.9 Å². The van der Waals surface area contributed by atoms with Crippen LogP contribution in [-0.4, -0.2) is 0 Å². The lowest BCUT2D eigenvalue weighted by Crippen LogP contribution is -2.10. The average Bonchev–Trinajstić information content (AvgIpc) is 2.77. The van der Waals surface area contributed by atoms with Gasteiger partial charge in [-0.2, -0.15) is 13.2 Å². The highest BCUT2D eigenvalue weighted by Gasteiger charge is 2.33. The molecule has 18 heavy (non-hydrogen) atoms. The molecule has 0 amide bonds. The maximum Gasteiger partial charge on any atom is 0.418 e. The van der Waals surface area contributed by atoms with Crippen molar-refractivity contribution in [3.05, 3.63) is 52.4 Å². The molecule has 1 N–H and O–H groups in total. The molecule has 0 spiro atoms. The fourth-order valence-electron chi connectivity index (χ4n) is 1.50. The lowest BCUT2D eigenvalue weighted by molar-refractivity contribution is -0.137. The Balaban J connectivity index is 2.23. The number of anilines is 1. The van der Waals surface area contributed by atoms with E-state index in [1.165, 1.54) is 24.7 Å². The molecular formula is C12H9BrF3NO. The SMILES string of the molecule is FC(F)(F)c1ccc(Br)cc1NCc1ccoc1. The topological polar surface area (TPSA) is 25.2 Å². The predicted octanol–water partition coefficient (Wildman–Crippen LogP) is 4.67. The van der Waals surface area contributed by atoms with Crippen LogP contribution in [0.3, 0.4) is 0 Å². The van der Waals surface area contributed by atoms with Crippen LogP contribution >= 0.6 is 15.9 Å². The highest BCUT2D eigenvalue weighted by molar-refractivity contribution is 9.10. The van der Waals surface area contributed by atoms with Gasteiger partial charge in [0, 0.05) is 22.3 Å². The summed E-state index contributed by atoms with van der Waals surface area (Å²) in [5.74, 6) is 0. The molecule has 2 rings (SSSR count). The molecule has 6 heteroatoms. The van der Waals surface area contributed by atoms with Gasteiger partial charge in [0.2, 0.25) is 0 Å². The van der Waals surface area contributed by atoms with Crippen molar-refractivity contribution in [3.8, 4) is 0 Å². The minimum absolute atomic E-state index is 0.0399. The quantitative estimate of drug-likeness (QED) is 0.889. The Morgan fingerprint density at radius 2 is 2.00 bits per heavy atom. The van der Waals surface area contributed by atoms with Crippen LogP contribution in [0.25, 0.3) is 0 Å². The fourth-order valence-corrected chi connectivity index (χ4v) is 1.86. The smallest absolute Gasteiger partial charge is 0.418 e. The van der Waals surface area contributed by atoms with Gasteiger partial charge >= 0.3 is 6.18 Å². The first kappa shape index (κ1) is 13.0. The predicted molar refractivity (Wildman–Crippen MR) is 65.2 cm³/mol. The third-order valence-electron chi connectivity index (χ3n) is 2.35. The van der Waals surface area contributed by atoms with E-state index in [0.717, 1.165) is 11.6 Å². The first-order valence-electron chi connectivity index (χ1n) is 5.08.